The van der Waals surface area contributed by atoms with Crippen LogP contribution in [-0.2, 0) is 18.8 Å². The van der Waals surface area contributed by atoms with Crippen molar-refractivity contribution in [3.8, 4) is 0 Å². The first kappa shape index (κ1) is 16.6. The van der Waals surface area contributed by atoms with Crippen molar-refractivity contribution in [3.63, 3.8) is 0 Å². The highest BCUT2D eigenvalue weighted by molar-refractivity contribution is 6.62. The Labute approximate surface area is 145 Å². The van der Waals surface area contributed by atoms with E-state index >= 15 is 0 Å². The minimum Gasteiger partial charge on any atom is -0.399 e. The molecule has 0 N–H and O–H groups in total. The molecule has 130 valence electrons. The number of hydrogen-bond acceptors (Lipinski definition) is 4. The maximum Gasteiger partial charge on any atom is 0.494 e. The van der Waals surface area contributed by atoms with E-state index in [4.69, 9.17) is 18.8 Å². The maximum absolute atomic E-state index is 6.25. The predicted octanol–water partition coefficient (Wildman–Crippen LogP) is 2.95. The maximum atomic E-state index is 6.25. The van der Waals surface area contributed by atoms with E-state index in [0.717, 1.165) is 5.46 Å². The Balaban J connectivity index is 1.66. The van der Waals surface area contributed by atoms with E-state index in [-0.39, 0.29) is 24.4 Å². The summed E-state index contributed by atoms with van der Waals surface area (Å²) in [7, 11) is -0.322. The van der Waals surface area contributed by atoms with Crippen LogP contribution in [0.1, 0.15) is 63.7 Å². The zero-order valence-corrected chi connectivity index (χ0v) is 15.1. The first-order valence-electron chi connectivity index (χ1n) is 9.05. The van der Waals surface area contributed by atoms with Crippen LogP contribution in [0.5, 0.6) is 0 Å². The molecule has 4 nitrogen and oxygen atoms in total. The summed E-state index contributed by atoms with van der Waals surface area (Å²) in [5, 5.41) is 0. The van der Waals surface area contributed by atoms with Crippen molar-refractivity contribution in [1.82, 2.24) is 0 Å². The SMILES string of the molecule is CC1(C)OB(c2cc(C3CC3)cc(C3COCCO3)c2)OC1(C)C. The Morgan fingerprint density at radius 3 is 2.17 bits per heavy atom. The molecule has 5 heteroatoms. The van der Waals surface area contributed by atoms with Crippen molar-refractivity contribution in [3.05, 3.63) is 29.3 Å². The molecule has 1 saturated carbocycles. The van der Waals surface area contributed by atoms with Crippen molar-refractivity contribution >= 4 is 12.6 Å². The number of benzene rings is 1. The molecule has 2 saturated heterocycles. The Morgan fingerprint density at radius 1 is 0.917 bits per heavy atom. The van der Waals surface area contributed by atoms with E-state index in [1.54, 1.807) is 0 Å². The van der Waals surface area contributed by atoms with Crippen LogP contribution in [-0.4, -0.2) is 38.1 Å². The average molecular weight is 330 g/mol. The lowest BCUT2D eigenvalue weighted by Crippen LogP contribution is -2.41. The second kappa shape index (κ2) is 5.84. The smallest absolute Gasteiger partial charge is 0.399 e. The molecule has 1 aliphatic carbocycles. The number of ether oxygens (including phenoxy) is 2. The summed E-state index contributed by atoms with van der Waals surface area (Å²) in [5.41, 5.74) is 3.02. The molecular formula is C19H27BO4. The molecule has 2 aliphatic heterocycles. The van der Waals surface area contributed by atoms with Gasteiger partial charge in [0.1, 0.15) is 6.10 Å². The molecule has 4 rings (SSSR count). The van der Waals surface area contributed by atoms with Gasteiger partial charge >= 0.3 is 7.12 Å². The highest BCUT2D eigenvalue weighted by Crippen LogP contribution is 2.41. The van der Waals surface area contributed by atoms with E-state index in [0.29, 0.717) is 25.7 Å². The van der Waals surface area contributed by atoms with Crippen molar-refractivity contribution in [1.29, 1.82) is 0 Å². The summed E-state index contributed by atoms with van der Waals surface area (Å²) < 4.78 is 24.0. The first-order valence-corrected chi connectivity index (χ1v) is 9.05. The van der Waals surface area contributed by atoms with Crippen LogP contribution in [0.3, 0.4) is 0 Å². The Bertz CT molecular complexity index is 602. The number of rotatable bonds is 3. The monoisotopic (exact) mass is 330 g/mol. The summed E-state index contributed by atoms with van der Waals surface area (Å²) >= 11 is 0. The second-order valence-electron chi connectivity index (χ2n) is 8.23. The molecule has 3 aliphatic rings. The van der Waals surface area contributed by atoms with Gasteiger partial charge in [-0.3, -0.25) is 0 Å². The second-order valence-corrected chi connectivity index (χ2v) is 8.23. The Kier molecular flexibility index (Phi) is 4.03. The lowest BCUT2D eigenvalue weighted by Gasteiger charge is -2.32. The summed E-state index contributed by atoms with van der Waals surface area (Å²) in [6.45, 7) is 10.3. The van der Waals surface area contributed by atoms with Gasteiger partial charge in [-0.25, -0.2) is 0 Å². The van der Waals surface area contributed by atoms with E-state index in [1.807, 2.05) is 0 Å². The van der Waals surface area contributed by atoms with E-state index in [1.165, 1.54) is 24.0 Å². The molecule has 1 unspecified atom stereocenters. The molecule has 0 bridgehead atoms. The Morgan fingerprint density at radius 2 is 1.58 bits per heavy atom. The van der Waals surface area contributed by atoms with Gasteiger partial charge in [0.25, 0.3) is 0 Å². The van der Waals surface area contributed by atoms with E-state index < -0.39 is 0 Å². The molecule has 1 aromatic rings. The van der Waals surface area contributed by atoms with Crippen LogP contribution < -0.4 is 5.46 Å². The third-order valence-electron chi connectivity index (χ3n) is 5.76. The quantitative estimate of drug-likeness (QED) is 0.799. The van der Waals surface area contributed by atoms with Crippen LogP contribution >= 0.6 is 0 Å². The number of hydrogen-bond donors (Lipinski definition) is 0. The van der Waals surface area contributed by atoms with Crippen LogP contribution in [0.4, 0.5) is 0 Å². The van der Waals surface area contributed by atoms with Crippen LogP contribution in [0.25, 0.3) is 0 Å². The molecule has 2 heterocycles. The standard InChI is InChI=1S/C19H27BO4/c1-18(2)19(3,4)24-20(23-18)16-10-14(13-5-6-13)9-15(11-16)17-12-21-7-8-22-17/h9-11,13,17H,5-8,12H2,1-4H3. The third kappa shape index (κ3) is 3.03. The van der Waals surface area contributed by atoms with Gasteiger partial charge in [-0.05, 0) is 63.0 Å². The van der Waals surface area contributed by atoms with Gasteiger partial charge in [0.2, 0.25) is 0 Å². The van der Waals surface area contributed by atoms with Crippen molar-refractivity contribution in [2.75, 3.05) is 19.8 Å². The highest BCUT2D eigenvalue weighted by atomic mass is 16.7. The molecule has 3 fully saturated rings. The zero-order chi connectivity index (χ0) is 16.9. The minimum atomic E-state index is -0.322. The third-order valence-corrected chi connectivity index (χ3v) is 5.76. The summed E-state index contributed by atoms with van der Waals surface area (Å²) in [6.07, 6.45) is 2.56. The van der Waals surface area contributed by atoms with Crippen molar-refractivity contribution in [2.24, 2.45) is 0 Å². The van der Waals surface area contributed by atoms with Crippen LogP contribution in [0, 0.1) is 0 Å². The Hall–Kier alpha value is -0.875. The fourth-order valence-electron chi connectivity index (χ4n) is 3.34. The van der Waals surface area contributed by atoms with Gasteiger partial charge < -0.3 is 18.8 Å². The lowest BCUT2D eigenvalue weighted by molar-refractivity contribution is -0.0901. The molecule has 0 spiro atoms. The minimum absolute atomic E-state index is 0.0126. The fourth-order valence-corrected chi connectivity index (χ4v) is 3.34. The van der Waals surface area contributed by atoms with Gasteiger partial charge in [0, 0.05) is 0 Å². The molecular weight excluding hydrogens is 303 g/mol. The largest absolute Gasteiger partial charge is 0.494 e. The van der Waals surface area contributed by atoms with Gasteiger partial charge in [-0.2, -0.15) is 0 Å². The zero-order valence-electron chi connectivity index (χ0n) is 15.1. The van der Waals surface area contributed by atoms with Gasteiger partial charge in [0.15, 0.2) is 0 Å². The van der Waals surface area contributed by atoms with Crippen LogP contribution in [0.15, 0.2) is 18.2 Å². The normalized spacial score (nSPS) is 29.0. The van der Waals surface area contributed by atoms with Crippen LogP contribution in [0.2, 0.25) is 0 Å². The molecule has 0 aromatic heterocycles. The molecule has 1 aromatic carbocycles. The highest BCUT2D eigenvalue weighted by Gasteiger charge is 2.52. The molecule has 1 atom stereocenters. The average Bonchev–Trinajstić information content (AvgIpc) is 3.36. The van der Waals surface area contributed by atoms with Crippen molar-refractivity contribution < 1.29 is 18.8 Å². The topological polar surface area (TPSA) is 36.9 Å². The fraction of sp³-hybridized carbons (Fsp3) is 0.684. The van der Waals surface area contributed by atoms with E-state index in [2.05, 4.69) is 45.9 Å². The van der Waals surface area contributed by atoms with Gasteiger partial charge in [-0.1, -0.05) is 18.2 Å². The summed E-state index contributed by atoms with van der Waals surface area (Å²) in [5.74, 6) is 0.677. The lowest BCUT2D eigenvalue weighted by atomic mass is 9.76. The molecule has 24 heavy (non-hydrogen) atoms. The van der Waals surface area contributed by atoms with Gasteiger partial charge in [0.05, 0.1) is 31.0 Å². The summed E-state index contributed by atoms with van der Waals surface area (Å²) in [4.78, 5) is 0. The van der Waals surface area contributed by atoms with Crippen molar-refractivity contribution in [2.45, 2.75) is 63.8 Å². The van der Waals surface area contributed by atoms with Gasteiger partial charge in [-0.15, -0.1) is 0 Å². The molecule has 0 radical (unpaired) electrons. The summed E-state index contributed by atoms with van der Waals surface area (Å²) in [6, 6.07) is 6.71. The first-order chi connectivity index (χ1) is 11.4. The van der Waals surface area contributed by atoms with E-state index in [9.17, 15) is 0 Å². The molecule has 0 amide bonds. The predicted molar refractivity (Wildman–Crippen MR) is 93.6 cm³/mol.